The second-order valence-corrected chi connectivity index (χ2v) is 7.69. The predicted molar refractivity (Wildman–Crippen MR) is 93.4 cm³/mol. The molecule has 0 spiro atoms. The maximum absolute atomic E-state index is 6.37. The highest BCUT2D eigenvalue weighted by molar-refractivity contribution is 9.10. The van der Waals surface area contributed by atoms with Gasteiger partial charge in [0.05, 0.1) is 6.04 Å². The van der Waals surface area contributed by atoms with E-state index in [9.17, 15) is 0 Å². The Balaban J connectivity index is 1.92. The lowest BCUT2D eigenvalue weighted by Gasteiger charge is -2.35. The number of halogens is 1. The van der Waals surface area contributed by atoms with Crippen molar-refractivity contribution in [1.29, 1.82) is 0 Å². The normalized spacial score (nSPS) is 17.9. The Morgan fingerprint density at radius 1 is 1.29 bits per heavy atom. The van der Waals surface area contributed by atoms with Crippen LogP contribution in [-0.4, -0.2) is 17.0 Å². The van der Waals surface area contributed by atoms with E-state index in [1.54, 1.807) is 0 Å². The summed E-state index contributed by atoms with van der Waals surface area (Å²) in [5, 5.41) is 2.15. The van der Waals surface area contributed by atoms with Crippen LogP contribution in [0.5, 0.6) is 0 Å². The van der Waals surface area contributed by atoms with E-state index >= 15 is 0 Å². The fraction of sp³-hybridized carbons (Fsp3) is 0.412. The van der Waals surface area contributed by atoms with Gasteiger partial charge in [0.2, 0.25) is 0 Å². The van der Waals surface area contributed by atoms with Crippen molar-refractivity contribution in [3.63, 3.8) is 0 Å². The molecule has 0 radical (unpaired) electrons. The molecule has 1 aromatic heterocycles. The summed E-state index contributed by atoms with van der Waals surface area (Å²) >= 11 is 5.53. The number of rotatable bonds is 6. The second kappa shape index (κ2) is 6.61. The van der Waals surface area contributed by atoms with Crippen molar-refractivity contribution >= 4 is 27.3 Å². The first-order valence-electron chi connectivity index (χ1n) is 7.45. The van der Waals surface area contributed by atoms with Crippen molar-refractivity contribution in [2.45, 2.75) is 44.4 Å². The summed E-state index contributed by atoms with van der Waals surface area (Å²) in [6, 6.07) is 13.9. The lowest BCUT2D eigenvalue weighted by molar-refractivity contribution is 0.158. The first-order valence-corrected chi connectivity index (χ1v) is 9.12. The third kappa shape index (κ3) is 3.57. The monoisotopic (exact) mass is 364 g/mol. The molecule has 0 bridgehead atoms. The largest absolute Gasteiger partial charge is 0.326 e. The first kappa shape index (κ1) is 15.2. The molecule has 2 unspecified atom stereocenters. The van der Waals surface area contributed by atoms with Crippen molar-refractivity contribution < 1.29 is 0 Å². The average Bonchev–Trinajstić information content (AvgIpc) is 3.17. The van der Waals surface area contributed by atoms with Crippen LogP contribution >= 0.6 is 27.3 Å². The fourth-order valence-corrected chi connectivity index (χ4v) is 4.15. The Morgan fingerprint density at radius 3 is 2.62 bits per heavy atom. The van der Waals surface area contributed by atoms with Crippen molar-refractivity contribution in [3.05, 3.63) is 56.7 Å². The van der Waals surface area contributed by atoms with Crippen LogP contribution in [0.2, 0.25) is 0 Å². The number of hydrogen-bond acceptors (Lipinski definition) is 3. The molecule has 0 saturated heterocycles. The van der Waals surface area contributed by atoms with Gasteiger partial charge in [-0.05, 0) is 42.8 Å². The molecule has 4 heteroatoms. The van der Waals surface area contributed by atoms with E-state index in [2.05, 4.69) is 69.5 Å². The van der Waals surface area contributed by atoms with Crippen molar-refractivity contribution in [1.82, 2.24) is 4.90 Å². The summed E-state index contributed by atoms with van der Waals surface area (Å²) in [4.78, 5) is 4.01. The molecule has 2 atom stereocenters. The summed E-state index contributed by atoms with van der Waals surface area (Å²) in [5.74, 6) is 0. The summed E-state index contributed by atoms with van der Waals surface area (Å²) in [7, 11) is 0. The zero-order chi connectivity index (χ0) is 14.8. The lowest BCUT2D eigenvalue weighted by Crippen LogP contribution is -2.40. The Labute approximate surface area is 139 Å². The quantitative estimate of drug-likeness (QED) is 0.813. The summed E-state index contributed by atoms with van der Waals surface area (Å²) in [6.07, 6.45) is 2.58. The maximum Gasteiger partial charge on any atom is 0.0514 e. The zero-order valence-corrected chi connectivity index (χ0v) is 14.6. The third-order valence-electron chi connectivity index (χ3n) is 4.01. The minimum atomic E-state index is 0.101. The van der Waals surface area contributed by atoms with Gasteiger partial charge in [-0.1, -0.05) is 40.2 Å². The van der Waals surface area contributed by atoms with E-state index in [1.165, 1.54) is 23.3 Å². The van der Waals surface area contributed by atoms with Gasteiger partial charge in [0.15, 0.2) is 0 Å². The first-order chi connectivity index (χ1) is 10.2. The van der Waals surface area contributed by atoms with Gasteiger partial charge in [0.1, 0.15) is 0 Å². The molecule has 0 amide bonds. The van der Waals surface area contributed by atoms with Crippen LogP contribution < -0.4 is 5.73 Å². The molecule has 1 saturated carbocycles. The van der Waals surface area contributed by atoms with Gasteiger partial charge in [-0.25, -0.2) is 0 Å². The van der Waals surface area contributed by atoms with Gasteiger partial charge >= 0.3 is 0 Å². The Bertz CT molecular complexity index is 578. The van der Waals surface area contributed by atoms with Crippen LogP contribution in [-0.2, 0) is 6.54 Å². The number of nitrogens with two attached hydrogens (primary N) is 1. The molecule has 3 rings (SSSR count). The summed E-state index contributed by atoms with van der Waals surface area (Å²) < 4.78 is 1.16. The average molecular weight is 365 g/mol. The highest BCUT2D eigenvalue weighted by atomic mass is 79.9. The van der Waals surface area contributed by atoms with Crippen LogP contribution in [0.4, 0.5) is 0 Å². The Morgan fingerprint density at radius 2 is 2.05 bits per heavy atom. The molecule has 2 N–H and O–H groups in total. The van der Waals surface area contributed by atoms with Crippen LogP contribution in [0.3, 0.4) is 0 Å². The van der Waals surface area contributed by atoms with E-state index in [0.717, 1.165) is 11.0 Å². The van der Waals surface area contributed by atoms with Gasteiger partial charge in [-0.15, -0.1) is 11.3 Å². The number of thiophene rings is 1. The predicted octanol–water partition coefficient (Wildman–Crippen LogP) is 4.56. The van der Waals surface area contributed by atoms with E-state index in [4.69, 9.17) is 5.73 Å². The molecule has 112 valence electrons. The van der Waals surface area contributed by atoms with Crippen molar-refractivity contribution in [2.24, 2.45) is 5.73 Å². The van der Waals surface area contributed by atoms with Crippen LogP contribution in [0.1, 0.15) is 36.2 Å². The second-order valence-electron chi connectivity index (χ2n) is 5.81. The van der Waals surface area contributed by atoms with Gasteiger partial charge in [0, 0.05) is 28.0 Å². The summed E-state index contributed by atoms with van der Waals surface area (Å²) in [5.41, 5.74) is 7.68. The molecule has 2 nitrogen and oxygen atoms in total. The van der Waals surface area contributed by atoms with E-state index in [-0.39, 0.29) is 12.1 Å². The highest BCUT2D eigenvalue weighted by Gasteiger charge is 2.37. The highest BCUT2D eigenvalue weighted by Crippen LogP contribution is 2.39. The molecule has 1 heterocycles. The van der Waals surface area contributed by atoms with Gasteiger partial charge in [0.25, 0.3) is 0 Å². The summed E-state index contributed by atoms with van der Waals surface area (Å²) in [6.45, 7) is 3.11. The minimum Gasteiger partial charge on any atom is -0.326 e. The van der Waals surface area contributed by atoms with Crippen molar-refractivity contribution in [2.75, 3.05) is 0 Å². The van der Waals surface area contributed by atoms with Crippen LogP contribution in [0, 0.1) is 0 Å². The minimum absolute atomic E-state index is 0.101. The number of nitrogens with zero attached hydrogens (tertiary/aromatic N) is 1. The fourth-order valence-electron chi connectivity index (χ4n) is 2.92. The van der Waals surface area contributed by atoms with Crippen LogP contribution in [0.25, 0.3) is 0 Å². The van der Waals surface area contributed by atoms with E-state index in [0.29, 0.717) is 6.04 Å². The number of benzene rings is 1. The zero-order valence-electron chi connectivity index (χ0n) is 12.2. The standard InChI is InChI=1S/C17H21BrN2S/c1-12(19)17(15-6-2-3-7-16(15)18)20(13-8-9-13)11-14-5-4-10-21-14/h2-7,10,12-13,17H,8-9,11,19H2,1H3. The van der Waals surface area contributed by atoms with Crippen LogP contribution in [0.15, 0.2) is 46.3 Å². The number of hydrogen-bond donors (Lipinski definition) is 1. The Hall–Kier alpha value is -0.680. The van der Waals surface area contributed by atoms with Gasteiger partial charge < -0.3 is 5.73 Å². The lowest BCUT2D eigenvalue weighted by atomic mass is 9.98. The van der Waals surface area contributed by atoms with Gasteiger partial charge in [-0.2, -0.15) is 0 Å². The van der Waals surface area contributed by atoms with E-state index < -0.39 is 0 Å². The molecular weight excluding hydrogens is 344 g/mol. The molecule has 1 fully saturated rings. The smallest absolute Gasteiger partial charge is 0.0514 e. The maximum atomic E-state index is 6.37. The van der Waals surface area contributed by atoms with Gasteiger partial charge in [-0.3, -0.25) is 4.90 Å². The molecule has 1 aromatic carbocycles. The van der Waals surface area contributed by atoms with E-state index in [1.807, 2.05) is 11.3 Å². The molecular formula is C17H21BrN2S. The topological polar surface area (TPSA) is 29.3 Å². The Kier molecular flexibility index (Phi) is 4.79. The van der Waals surface area contributed by atoms with Crippen molar-refractivity contribution in [3.8, 4) is 0 Å². The SMILES string of the molecule is CC(N)C(c1ccccc1Br)N(Cc1cccs1)C1CC1. The molecule has 0 aliphatic heterocycles. The molecule has 21 heavy (non-hydrogen) atoms. The third-order valence-corrected chi connectivity index (χ3v) is 5.60. The molecule has 2 aromatic rings. The molecule has 1 aliphatic carbocycles. The molecule has 1 aliphatic rings.